The predicted octanol–water partition coefficient (Wildman–Crippen LogP) is 6.06. The Morgan fingerprint density at radius 3 is 2.10 bits per heavy atom. The first-order chi connectivity index (χ1) is 15.0. The topological polar surface area (TPSA) is 55.8 Å². The lowest BCUT2D eigenvalue weighted by Gasteiger charge is -2.30. The van der Waals surface area contributed by atoms with Crippen LogP contribution in [0.2, 0.25) is 0 Å². The summed E-state index contributed by atoms with van der Waals surface area (Å²) in [6, 6.07) is 0. The summed E-state index contributed by atoms with van der Waals surface area (Å²) in [5, 5.41) is 0. The molecule has 0 spiro atoms. The van der Waals surface area contributed by atoms with Gasteiger partial charge in [-0.25, -0.2) is 4.79 Å². The average molecular weight is 438 g/mol. The van der Waals surface area contributed by atoms with Gasteiger partial charge in [-0.1, -0.05) is 64.9 Å². The molecule has 0 heterocycles. The molecule has 1 saturated carbocycles. The van der Waals surface area contributed by atoms with E-state index in [9.17, 15) is 9.59 Å². The number of rotatable bonds is 18. The van der Waals surface area contributed by atoms with Gasteiger partial charge in [0.1, 0.15) is 5.78 Å². The van der Waals surface area contributed by atoms with Crippen LogP contribution in [0.15, 0.2) is 12.7 Å². The Morgan fingerprint density at radius 2 is 1.55 bits per heavy atom. The van der Waals surface area contributed by atoms with Crippen molar-refractivity contribution in [1.82, 2.24) is 4.90 Å². The van der Waals surface area contributed by atoms with Gasteiger partial charge in [0, 0.05) is 31.4 Å². The second-order valence-electron chi connectivity index (χ2n) is 9.32. The number of Topliss-reactive ketones (excluding diaryl/α,β-unsaturated/α-hetero) is 1. The summed E-state index contributed by atoms with van der Waals surface area (Å²) >= 11 is 0. The van der Waals surface area contributed by atoms with Crippen molar-refractivity contribution in [2.45, 2.75) is 116 Å². The van der Waals surface area contributed by atoms with Gasteiger partial charge in [-0.15, -0.1) is 0 Å². The van der Waals surface area contributed by atoms with E-state index in [1.165, 1.54) is 51.0 Å². The number of esters is 1. The predicted molar refractivity (Wildman–Crippen MR) is 127 cm³/mol. The highest BCUT2D eigenvalue weighted by Gasteiger charge is 2.28. The van der Waals surface area contributed by atoms with Crippen LogP contribution >= 0.6 is 0 Å². The quantitative estimate of drug-likeness (QED) is 0.113. The molecule has 0 N–H and O–H groups in total. The van der Waals surface area contributed by atoms with Gasteiger partial charge in [0.05, 0.1) is 6.10 Å². The summed E-state index contributed by atoms with van der Waals surface area (Å²) < 4.78 is 11.6. The van der Waals surface area contributed by atoms with E-state index in [-0.39, 0.29) is 12.0 Å². The van der Waals surface area contributed by atoms with Gasteiger partial charge in [0.15, 0.2) is 0 Å². The molecule has 0 radical (unpaired) electrons. The maximum Gasteiger partial charge on any atom is 0.332 e. The van der Waals surface area contributed by atoms with Crippen molar-refractivity contribution in [1.29, 1.82) is 0 Å². The van der Waals surface area contributed by atoms with E-state index < -0.39 is 12.3 Å². The zero-order valence-electron chi connectivity index (χ0n) is 20.4. The molecular weight excluding hydrogens is 390 g/mol. The third-order valence-electron chi connectivity index (χ3n) is 6.24. The summed E-state index contributed by atoms with van der Waals surface area (Å²) in [7, 11) is 3.99. The average Bonchev–Trinajstić information content (AvgIpc) is 2.76. The standard InChI is InChI=1S/C26H47NO4/c1-5-7-8-9-10-11-12-13-14-15-26(31-25(29)6-2)30-23-18-16-22(17-19-23)24(28)20-21-27(3)4/h6,22-23,26H,2,5,7-21H2,1,3-4H3. The molecule has 0 aromatic rings. The smallest absolute Gasteiger partial charge is 0.332 e. The van der Waals surface area contributed by atoms with Crippen LogP contribution in [0.25, 0.3) is 0 Å². The zero-order valence-corrected chi connectivity index (χ0v) is 20.4. The van der Waals surface area contributed by atoms with Gasteiger partial charge in [-0.2, -0.15) is 0 Å². The number of hydrogen-bond donors (Lipinski definition) is 0. The fraction of sp³-hybridized carbons (Fsp3) is 0.846. The van der Waals surface area contributed by atoms with Crippen molar-refractivity contribution in [2.75, 3.05) is 20.6 Å². The molecule has 180 valence electrons. The van der Waals surface area contributed by atoms with Crippen LogP contribution < -0.4 is 0 Å². The largest absolute Gasteiger partial charge is 0.433 e. The molecule has 1 aliphatic carbocycles. The molecule has 5 heteroatoms. The first kappa shape index (κ1) is 27.8. The Bertz CT molecular complexity index is 498. The molecule has 1 atom stereocenters. The molecule has 5 nitrogen and oxygen atoms in total. The maximum atomic E-state index is 12.4. The molecule has 31 heavy (non-hydrogen) atoms. The van der Waals surface area contributed by atoms with Crippen LogP contribution in [0.1, 0.15) is 103 Å². The molecule has 0 amide bonds. The van der Waals surface area contributed by atoms with E-state index in [0.29, 0.717) is 12.2 Å². The van der Waals surface area contributed by atoms with Crippen LogP contribution in [-0.4, -0.2) is 49.7 Å². The van der Waals surface area contributed by atoms with Gasteiger partial charge in [-0.05, 0) is 46.2 Å². The highest BCUT2D eigenvalue weighted by Crippen LogP contribution is 2.29. The summed E-state index contributed by atoms with van der Waals surface area (Å²) in [5.74, 6) is 0.108. The Hall–Kier alpha value is -1.20. The number of carbonyl (C=O) groups is 2. The Balaban J connectivity index is 2.29. The maximum absolute atomic E-state index is 12.4. The first-order valence-electron chi connectivity index (χ1n) is 12.6. The third kappa shape index (κ3) is 13.7. The monoisotopic (exact) mass is 437 g/mol. The molecule has 1 rings (SSSR count). The lowest BCUT2D eigenvalue weighted by Crippen LogP contribution is -2.32. The van der Waals surface area contributed by atoms with Crippen molar-refractivity contribution in [3.8, 4) is 0 Å². The van der Waals surface area contributed by atoms with Crippen LogP contribution in [0.5, 0.6) is 0 Å². The molecule has 1 aliphatic rings. The van der Waals surface area contributed by atoms with Crippen LogP contribution in [0.4, 0.5) is 0 Å². The third-order valence-corrected chi connectivity index (χ3v) is 6.24. The van der Waals surface area contributed by atoms with Gasteiger partial charge in [0.2, 0.25) is 6.29 Å². The molecule has 1 fully saturated rings. The summed E-state index contributed by atoms with van der Waals surface area (Å²) in [4.78, 5) is 26.1. The van der Waals surface area contributed by atoms with Crippen molar-refractivity contribution in [3.05, 3.63) is 12.7 Å². The molecular formula is C26H47NO4. The SMILES string of the molecule is C=CC(=O)OC(CCCCCCCCCCC)OC1CCC(C(=O)CCN(C)C)CC1. The second-order valence-corrected chi connectivity index (χ2v) is 9.32. The number of nitrogens with zero attached hydrogens (tertiary/aromatic N) is 1. The lowest BCUT2D eigenvalue weighted by molar-refractivity contribution is -0.190. The zero-order chi connectivity index (χ0) is 22.9. The Labute approximate surface area is 190 Å². The highest BCUT2D eigenvalue weighted by molar-refractivity contribution is 5.81. The number of carbonyl (C=O) groups excluding carboxylic acids is 2. The van der Waals surface area contributed by atoms with Crippen molar-refractivity contribution >= 4 is 11.8 Å². The number of ether oxygens (including phenoxy) is 2. The van der Waals surface area contributed by atoms with Crippen molar-refractivity contribution in [2.24, 2.45) is 5.92 Å². The normalized spacial score (nSPS) is 19.9. The number of ketones is 1. The Morgan fingerprint density at radius 1 is 0.968 bits per heavy atom. The van der Waals surface area contributed by atoms with E-state index in [1.54, 1.807) is 0 Å². The van der Waals surface area contributed by atoms with Crippen LogP contribution in [0, 0.1) is 5.92 Å². The molecule has 0 saturated heterocycles. The highest BCUT2D eigenvalue weighted by atomic mass is 16.7. The van der Waals surface area contributed by atoms with Crippen molar-refractivity contribution in [3.63, 3.8) is 0 Å². The fourth-order valence-corrected chi connectivity index (χ4v) is 4.23. The van der Waals surface area contributed by atoms with E-state index in [4.69, 9.17) is 9.47 Å². The minimum absolute atomic E-state index is 0.0686. The first-order valence-corrected chi connectivity index (χ1v) is 12.6. The van der Waals surface area contributed by atoms with Gasteiger partial charge >= 0.3 is 5.97 Å². The van der Waals surface area contributed by atoms with E-state index in [0.717, 1.165) is 51.5 Å². The van der Waals surface area contributed by atoms with Crippen LogP contribution in [0.3, 0.4) is 0 Å². The van der Waals surface area contributed by atoms with Gasteiger partial charge < -0.3 is 14.4 Å². The molecule has 0 aliphatic heterocycles. The molecule has 1 unspecified atom stereocenters. The van der Waals surface area contributed by atoms with Crippen LogP contribution in [-0.2, 0) is 19.1 Å². The summed E-state index contributed by atoms with van der Waals surface area (Å²) in [5.41, 5.74) is 0. The van der Waals surface area contributed by atoms with Gasteiger partial charge in [0.25, 0.3) is 0 Å². The van der Waals surface area contributed by atoms with E-state index >= 15 is 0 Å². The van der Waals surface area contributed by atoms with E-state index in [2.05, 4.69) is 18.4 Å². The summed E-state index contributed by atoms with van der Waals surface area (Å²) in [6.07, 6.45) is 16.9. The minimum Gasteiger partial charge on any atom is -0.433 e. The molecule has 0 bridgehead atoms. The fourth-order valence-electron chi connectivity index (χ4n) is 4.23. The number of hydrogen-bond acceptors (Lipinski definition) is 5. The summed E-state index contributed by atoms with van der Waals surface area (Å²) in [6.45, 7) is 6.56. The lowest BCUT2D eigenvalue weighted by atomic mass is 9.83. The minimum atomic E-state index is -0.499. The van der Waals surface area contributed by atoms with E-state index in [1.807, 2.05) is 14.1 Å². The second kappa shape index (κ2) is 17.4. The Kier molecular flexibility index (Phi) is 15.6. The van der Waals surface area contributed by atoms with Crippen molar-refractivity contribution < 1.29 is 19.1 Å². The number of unbranched alkanes of at least 4 members (excludes halogenated alkanes) is 8. The molecule has 0 aromatic heterocycles. The molecule has 0 aromatic carbocycles. The van der Waals surface area contributed by atoms with Gasteiger partial charge in [-0.3, -0.25) is 4.79 Å².